The number of allylic oxidation sites excluding steroid dienone is 1. The summed E-state index contributed by atoms with van der Waals surface area (Å²) in [6.45, 7) is 0. The Balaban J connectivity index is 1.75. The lowest BCUT2D eigenvalue weighted by atomic mass is 10.1. The zero-order valence-electron chi connectivity index (χ0n) is 11.6. The quantitative estimate of drug-likeness (QED) is 0.544. The number of benzene rings is 2. The summed E-state index contributed by atoms with van der Waals surface area (Å²) in [6, 6.07) is 16.3. The maximum absolute atomic E-state index is 12.0. The summed E-state index contributed by atoms with van der Waals surface area (Å²) in [5.41, 5.74) is 2.11. The molecule has 2 aromatic carbocycles. The summed E-state index contributed by atoms with van der Waals surface area (Å²) in [5.74, 6) is -0.0679. The predicted octanol–water partition coefficient (Wildman–Crippen LogP) is 3.82. The molecule has 0 aliphatic carbocycles. The summed E-state index contributed by atoms with van der Waals surface area (Å²) in [6.07, 6.45) is 4.89. The van der Waals surface area contributed by atoms with Gasteiger partial charge >= 0.3 is 0 Å². The number of nitrogens with zero attached hydrogens (tertiary/aromatic N) is 3. The second-order valence-corrected chi connectivity index (χ2v) is 5.06. The fourth-order valence-corrected chi connectivity index (χ4v) is 2.06. The molecule has 0 fully saturated rings. The lowest BCUT2D eigenvalue weighted by molar-refractivity contribution is 0.104. The molecule has 0 bridgehead atoms. The topological polar surface area (TPSA) is 47.8 Å². The average Bonchev–Trinajstić information content (AvgIpc) is 3.03. The van der Waals surface area contributed by atoms with Crippen molar-refractivity contribution in [2.45, 2.75) is 0 Å². The van der Waals surface area contributed by atoms with Crippen LogP contribution in [0.25, 0.3) is 11.8 Å². The van der Waals surface area contributed by atoms with Gasteiger partial charge in [-0.3, -0.25) is 4.79 Å². The third-order valence-corrected chi connectivity index (χ3v) is 3.32. The van der Waals surface area contributed by atoms with Crippen LogP contribution in [0.4, 0.5) is 0 Å². The van der Waals surface area contributed by atoms with Crippen molar-refractivity contribution in [3.8, 4) is 5.69 Å². The van der Waals surface area contributed by atoms with E-state index in [1.807, 2.05) is 30.3 Å². The Morgan fingerprint density at radius 2 is 1.77 bits per heavy atom. The molecule has 0 radical (unpaired) electrons. The minimum absolute atomic E-state index is 0.0679. The highest BCUT2D eigenvalue weighted by atomic mass is 35.5. The second kappa shape index (κ2) is 6.37. The monoisotopic (exact) mass is 309 g/mol. The van der Waals surface area contributed by atoms with Gasteiger partial charge in [0.1, 0.15) is 5.69 Å². The van der Waals surface area contributed by atoms with E-state index in [1.165, 1.54) is 6.08 Å². The van der Waals surface area contributed by atoms with Crippen molar-refractivity contribution in [2.75, 3.05) is 0 Å². The molecule has 0 N–H and O–H groups in total. The number of carbonyl (C=O) groups excluding carboxylic acids is 1. The highest BCUT2D eigenvalue weighted by Crippen LogP contribution is 2.13. The Kier molecular flexibility index (Phi) is 4.12. The molecule has 0 spiro atoms. The van der Waals surface area contributed by atoms with Crippen LogP contribution in [-0.4, -0.2) is 20.8 Å². The lowest BCUT2D eigenvalue weighted by Gasteiger charge is -1.98. The summed E-state index contributed by atoms with van der Waals surface area (Å²) in [7, 11) is 0. The maximum Gasteiger partial charge on any atom is 0.185 e. The molecule has 0 atom stereocenters. The van der Waals surface area contributed by atoms with E-state index >= 15 is 0 Å². The molecule has 5 heteroatoms. The van der Waals surface area contributed by atoms with E-state index in [1.54, 1.807) is 41.2 Å². The Morgan fingerprint density at radius 1 is 1.05 bits per heavy atom. The van der Waals surface area contributed by atoms with Crippen molar-refractivity contribution in [1.29, 1.82) is 0 Å². The molecule has 0 aliphatic rings. The van der Waals surface area contributed by atoms with Gasteiger partial charge in [0.2, 0.25) is 0 Å². The number of hydrogen-bond donors (Lipinski definition) is 0. The molecule has 3 aromatic rings. The molecule has 108 valence electrons. The molecule has 1 aromatic heterocycles. The van der Waals surface area contributed by atoms with Gasteiger partial charge in [0.15, 0.2) is 5.78 Å². The van der Waals surface area contributed by atoms with E-state index < -0.39 is 0 Å². The SMILES string of the molecule is O=C(C=Cc1cn(-c2ccc(Cl)cc2)nn1)c1ccccc1. The molecule has 4 nitrogen and oxygen atoms in total. The van der Waals surface area contributed by atoms with E-state index in [4.69, 9.17) is 11.6 Å². The fraction of sp³-hybridized carbons (Fsp3) is 0. The summed E-state index contributed by atoms with van der Waals surface area (Å²) in [5, 5.41) is 8.71. The third kappa shape index (κ3) is 3.30. The molecular formula is C17H12ClN3O. The van der Waals surface area contributed by atoms with E-state index in [-0.39, 0.29) is 5.78 Å². The average molecular weight is 310 g/mol. The number of rotatable bonds is 4. The zero-order valence-corrected chi connectivity index (χ0v) is 12.3. The van der Waals surface area contributed by atoms with Gasteiger partial charge in [-0.2, -0.15) is 0 Å². The van der Waals surface area contributed by atoms with Gasteiger partial charge in [-0.25, -0.2) is 4.68 Å². The van der Waals surface area contributed by atoms with Crippen molar-refractivity contribution in [3.05, 3.63) is 83.2 Å². The first kappa shape index (κ1) is 14.2. The number of carbonyl (C=O) groups is 1. The molecule has 0 aliphatic heterocycles. The van der Waals surface area contributed by atoms with Gasteiger partial charge in [-0.15, -0.1) is 5.10 Å². The van der Waals surface area contributed by atoms with Crippen LogP contribution in [-0.2, 0) is 0 Å². The van der Waals surface area contributed by atoms with Gasteiger partial charge < -0.3 is 0 Å². The highest BCUT2D eigenvalue weighted by Gasteiger charge is 2.03. The lowest BCUT2D eigenvalue weighted by Crippen LogP contribution is -1.93. The smallest absolute Gasteiger partial charge is 0.185 e. The maximum atomic E-state index is 12.0. The summed E-state index contributed by atoms with van der Waals surface area (Å²) < 4.78 is 1.63. The number of ketones is 1. The van der Waals surface area contributed by atoms with Gasteiger partial charge in [-0.05, 0) is 36.4 Å². The summed E-state index contributed by atoms with van der Waals surface area (Å²) >= 11 is 5.85. The van der Waals surface area contributed by atoms with Crippen molar-refractivity contribution >= 4 is 23.5 Å². The van der Waals surface area contributed by atoms with Crippen molar-refractivity contribution < 1.29 is 4.79 Å². The second-order valence-electron chi connectivity index (χ2n) is 4.63. The zero-order chi connectivity index (χ0) is 15.4. The fourth-order valence-electron chi connectivity index (χ4n) is 1.93. The van der Waals surface area contributed by atoms with Gasteiger partial charge in [-0.1, -0.05) is 47.1 Å². The Hall–Kier alpha value is -2.72. The van der Waals surface area contributed by atoms with Crippen LogP contribution in [0.2, 0.25) is 5.02 Å². The number of halogens is 1. The van der Waals surface area contributed by atoms with Crippen LogP contribution in [0.3, 0.4) is 0 Å². The van der Waals surface area contributed by atoms with Gasteiger partial charge in [0.25, 0.3) is 0 Å². The summed E-state index contributed by atoms with van der Waals surface area (Å²) in [4.78, 5) is 12.0. The van der Waals surface area contributed by atoms with Crippen molar-refractivity contribution in [1.82, 2.24) is 15.0 Å². The van der Waals surface area contributed by atoms with Gasteiger partial charge in [0, 0.05) is 10.6 Å². The Labute approximate surface area is 132 Å². The molecule has 0 amide bonds. The predicted molar refractivity (Wildman–Crippen MR) is 86.2 cm³/mol. The molecule has 0 saturated carbocycles. The third-order valence-electron chi connectivity index (χ3n) is 3.07. The first-order chi connectivity index (χ1) is 10.7. The molecule has 0 saturated heterocycles. The Morgan fingerprint density at radius 3 is 2.50 bits per heavy atom. The van der Waals surface area contributed by atoms with Crippen LogP contribution in [0.15, 0.2) is 66.9 Å². The minimum atomic E-state index is -0.0679. The standard InChI is InChI=1S/C17H12ClN3O/c18-14-6-9-16(10-7-14)21-12-15(19-20-21)8-11-17(22)13-4-2-1-3-5-13/h1-12H. The van der Waals surface area contributed by atoms with Crippen LogP contribution in [0.1, 0.15) is 16.1 Å². The van der Waals surface area contributed by atoms with E-state index in [0.717, 1.165) is 5.69 Å². The minimum Gasteiger partial charge on any atom is -0.289 e. The number of aromatic nitrogens is 3. The van der Waals surface area contributed by atoms with Crippen LogP contribution in [0, 0.1) is 0 Å². The molecule has 0 unspecified atom stereocenters. The first-order valence-corrected chi connectivity index (χ1v) is 7.06. The van der Waals surface area contributed by atoms with Crippen LogP contribution in [0.5, 0.6) is 0 Å². The van der Waals surface area contributed by atoms with Crippen LogP contribution >= 0.6 is 11.6 Å². The van der Waals surface area contributed by atoms with Crippen molar-refractivity contribution in [2.24, 2.45) is 0 Å². The molecule has 22 heavy (non-hydrogen) atoms. The first-order valence-electron chi connectivity index (χ1n) is 6.68. The van der Waals surface area contributed by atoms with E-state index in [0.29, 0.717) is 16.3 Å². The van der Waals surface area contributed by atoms with Crippen molar-refractivity contribution in [3.63, 3.8) is 0 Å². The molecular weight excluding hydrogens is 298 g/mol. The normalized spacial score (nSPS) is 11.0. The largest absolute Gasteiger partial charge is 0.289 e. The van der Waals surface area contributed by atoms with Gasteiger partial charge in [0.05, 0.1) is 11.9 Å². The Bertz CT molecular complexity index is 807. The molecule has 3 rings (SSSR count). The van der Waals surface area contributed by atoms with Crippen LogP contribution < -0.4 is 0 Å². The van der Waals surface area contributed by atoms with E-state index in [2.05, 4.69) is 10.3 Å². The van der Waals surface area contributed by atoms with E-state index in [9.17, 15) is 4.79 Å². The molecule has 1 heterocycles. The number of hydrogen-bond acceptors (Lipinski definition) is 3. The highest BCUT2D eigenvalue weighted by molar-refractivity contribution is 6.30.